The molecule has 0 saturated carbocycles. The van der Waals surface area contributed by atoms with Crippen LogP contribution in [0.5, 0.6) is 0 Å². The fraction of sp³-hybridized carbons (Fsp3) is 0.588. The standard InChI is InChI=1S/C17H26N4O5/c1-4-24-16(25-5-2)13-21-12-15(18-19-21)17(22)20(8-10-23-3)11-14-7-6-9-26-14/h6-7,9,12,16H,4-5,8,10-11,13H2,1-3H3. The number of hydrogen-bond acceptors (Lipinski definition) is 7. The summed E-state index contributed by atoms with van der Waals surface area (Å²) in [6.45, 7) is 6.37. The maximum absolute atomic E-state index is 12.8. The van der Waals surface area contributed by atoms with Gasteiger partial charge in [0.25, 0.3) is 5.91 Å². The van der Waals surface area contributed by atoms with Crippen molar-refractivity contribution in [1.29, 1.82) is 0 Å². The molecule has 0 aliphatic rings. The number of methoxy groups -OCH3 is 1. The van der Waals surface area contributed by atoms with Gasteiger partial charge in [-0.05, 0) is 26.0 Å². The van der Waals surface area contributed by atoms with E-state index in [1.807, 2.05) is 19.9 Å². The van der Waals surface area contributed by atoms with Crippen LogP contribution >= 0.6 is 0 Å². The van der Waals surface area contributed by atoms with Gasteiger partial charge in [0.1, 0.15) is 5.76 Å². The summed E-state index contributed by atoms with van der Waals surface area (Å²) >= 11 is 0. The Morgan fingerprint density at radius 2 is 2.12 bits per heavy atom. The monoisotopic (exact) mass is 366 g/mol. The van der Waals surface area contributed by atoms with Crippen molar-refractivity contribution in [2.24, 2.45) is 0 Å². The Kier molecular flexibility index (Phi) is 8.26. The molecule has 0 radical (unpaired) electrons. The van der Waals surface area contributed by atoms with E-state index in [9.17, 15) is 4.79 Å². The molecule has 2 rings (SSSR count). The molecule has 0 aliphatic carbocycles. The molecular weight excluding hydrogens is 340 g/mol. The van der Waals surface area contributed by atoms with E-state index in [-0.39, 0.29) is 11.6 Å². The number of hydrogen-bond donors (Lipinski definition) is 0. The van der Waals surface area contributed by atoms with Gasteiger partial charge in [-0.3, -0.25) is 4.79 Å². The van der Waals surface area contributed by atoms with Gasteiger partial charge in [-0.1, -0.05) is 5.21 Å². The molecule has 1 amide bonds. The fourth-order valence-corrected chi connectivity index (χ4v) is 2.37. The van der Waals surface area contributed by atoms with Gasteiger partial charge in [-0.15, -0.1) is 5.10 Å². The van der Waals surface area contributed by atoms with Crippen LogP contribution in [-0.2, 0) is 27.3 Å². The lowest BCUT2D eigenvalue weighted by Crippen LogP contribution is -2.33. The molecule has 9 nitrogen and oxygen atoms in total. The van der Waals surface area contributed by atoms with E-state index >= 15 is 0 Å². The maximum atomic E-state index is 12.8. The minimum absolute atomic E-state index is 0.242. The van der Waals surface area contributed by atoms with Crippen molar-refractivity contribution in [3.63, 3.8) is 0 Å². The van der Waals surface area contributed by atoms with Crippen molar-refractivity contribution >= 4 is 5.91 Å². The molecule has 0 spiro atoms. The third-order valence-electron chi connectivity index (χ3n) is 3.58. The summed E-state index contributed by atoms with van der Waals surface area (Å²) < 4.78 is 23.0. The Balaban J connectivity index is 2.04. The number of amides is 1. The molecule has 0 aliphatic heterocycles. The van der Waals surface area contributed by atoms with E-state index in [0.717, 1.165) is 0 Å². The van der Waals surface area contributed by atoms with Crippen LogP contribution in [0.25, 0.3) is 0 Å². The summed E-state index contributed by atoms with van der Waals surface area (Å²) in [4.78, 5) is 14.4. The molecule has 9 heteroatoms. The van der Waals surface area contributed by atoms with Gasteiger partial charge >= 0.3 is 0 Å². The van der Waals surface area contributed by atoms with Crippen LogP contribution < -0.4 is 0 Å². The molecule has 0 atom stereocenters. The quantitative estimate of drug-likeness (QED) is 0.526. The number of ether oxygens (including phenoxy) is 3. The molecule has 2 heterocycles. The van der Waals surface area contributed by atoms with Gasteiger partial charge in [-0.25, -0.2) is 4.68 Å². The van der Waals surface area contributed by atoms with E-state index < -0.39 is 6.29 Å². The van der Waals surface area contributed by atoms with Gasteiger partial charge in [0, 0.05) is 26.9 Å². The van der Waals surface area contributed by atoms with Crippen LogP contribution in [-0.4, -0.2) is 65.6 Å². The van der Waals surface area contributed by atoms with Crippen molar-refractivity contribution < 1.29 is 23.4 Å². The zero-order chi connectivity index (χ0) is 18.8. The maximum Gasteiger partial charge on any atom is 0.276 e. The van der Waals surface area contributed by atoms with Crippen LogP contribution in [0.3, 0.4) is 0 Å². The number of carbonyl (C=O) groups excluding carboxylic acids is 1. The smallest absolute Gasteiger partial charge is 0.276 e. The highest BCUT2D eigenvalue weighted by Crippen LogP contribution is 2.10. The number of nitrogens with zero attached hydrogens (tertiary/aromatic N) is 4. The SMILES string of the molecule is CCOC(Cn1cc(C(=O)N(CCOC)Cc2ccco2)nn1)OCC. The van der Waals surface area contributed by atoms with Crippen molar-refractivity contribution in [2.45, 2.75) is 33.2 Å². The Hall–Kier alpha value is -2.23. The average Bonchev–Trinajstić information content (AvgIpc) is 3.30. The Labute approximate surface area is 152 Å². The molecular formula is C17H26N4O5. The zero-order valence-corrected chi connectivity index (χ0v) is 15.5. The lowest BCUT2D eigenvalue weighted by Gasteiger charge is -2.20. The van der Waals surface area contributed by atoms with E-state index in [0.29, 0.717) is 45.2 Å². The Morgan fingerprint density at radius 3 is 2.73 bits per heavy atom. The molecule has 0 N–H and O–H groups in total. The number of furan rings is 1. The zero-order valence-electron chi connectivity index (χ0n) is 15.5. The second-order valence-corrected chi connectivity index (χ2v) is 5.46. The lowest BCUT2D eigenvalue weighted by molar-refractivity contribution is -0.145. The second-order valence-electron chi connectivity index (χ2n) is 5.46. The second kappa shape index (κ2) is 10.7. The van der Waals surface area contributed by atoms with Crippen molar-refractivity contribution in [3.8, 4) is 0 Å². The molecule has 2 aromatic rings. The van der Waals surface area contributed by atoms with Crippen LogP contribution in [0.2, 0.25) is 0 Å². The largest absolute Gasteiger partial charge is 0.467 e. The van der Waals surface area contributed by atoms with Gasteiger partial charge in [0.2, 0.25) is 0 Å². The summed E-state index contributed by atoms with van der Waals surface area (Å²) in [6, 6.07) is 3.60. The van der Waals surface area contributed by atoms with Crippen molar-refractivity contribution in [3.05, 3.63) is 36.0 Å². The third-order valence-corrected chi connectivity index (χ3v) is 3.58. The molecule has 0 saturated heterocycles. The normalized spacial score (nSPS) is 11.2. The minimum Gasteiger partial charge on any atom is -0.467 e. The van der Waals surface area contributed by atoms with E-state index in [1.165, 1.54) is 0 Å². The predicted molar refractivity (Wildman–Crippen MR) is 92.4 cm³/mol. The fourth-order valence-electron chi connectivity index (χ4n) is 2.37. The molecule has 144 valence electrons. The van der Waals surface area contributed by atoms with Crippen LogP contribution in [0, 0.1) is 0 Å². The summed E-state index contributed by atoms with van der Waals surface area (Å²) in [5, 5.41) is 7.99. The van der Waals surface area contributed by atoms with Crippen molar-refractivity contribution in [2.75, 3.05) is 33.5 Å². The number of aromatic nitrogens is 3. The van der Waals surface area contributed by atoms with E-state index in [1.54, 1.807) is 35.2 Å². The first-order valence-electron chi connectivity index (χ1n) is 8.61. The molecule has 2 aromatic heterocycles. The summed E-state index contributed by atoms with van der Waals surface area (Å²) in [7, 11) is 1.59. The number of carbonyl (C=O) groups is 1. The highest BCUT2D eigenvalue weighted by Gasteiger charge is 2.21. The lowest BCUT2D eigenvalue weighted by atomic mass is 10.3. The van der Waals surface area contributed by atoms with Crippen molar-refractivity contribution in [1.82, 2.24) is 19.9 Å². The highest BCUT2D eigenvalue weighted by atomic mass is 16.7. The summed E-state index contributed by atoms with van der Waals surface area (Å²) in [5.41, 5.74) is 0.249. The summed E-state index contributed by atoms with van der Waals surface area (Å²) in [5.74, 6) is 0.448. The highest BCUT2D eigenvalue weighted by molar-refractivity contribution is 5.91. The minimum atomic E-state index is -0.428. The molecule has 0 bridgehead atoms. The molecule has 0 unspecified atom stereocenters. The Bertz CT molecular complexity index is 637. The van der Waals surface area contributed by atoms with Gasteiger partial charge in [-0.2, -0.15) is 0 Å². The van der Waals surface area contributed by atoms with Gasteiger partial charge in [0.15, 0.2) is 12.0 Å². The van der Waals surface area contributed by atoms with E-state index in [4.69, 9.17) is 18.6 Å². The molecule has 0 aromatic carbocycles. The number of rotatable bonds is 12. The first kappa shape index (κ1) is 20.1. The first-order chi connectivity index (χ1) is 12.7. The first-order valence-corrected chi connectivity index (χ1v) is 8.61. The molecule has 0 fully saturated rings. The average molecular weight is 366 g/mol. The van der Waals surface area contributed by atoms with Crippen LogP contribution in [0.1, 0.15) is 30.1 Å². The van der Waals surface area contributed by atoms with Crippen LogP contribution in [0.4, 0.5) is 0 Å². The predicted octanol–water partition coefficient (Wildman–Crippen LogP) is 1.56. The topological polar surface area (TPSA) is 91.9 Å². The van der Waals surface area contributed by atoms with Crippen LogP contribution in [0.15, 0.2) is 29.0 Å². The third kappa shape index (κ3) is 5.94. The van der Waals surface area contributed by atoms with Gasteiger partial charge < -0.3 is 23.5 Å². The molecule has 26 heavy (non-hydrogen) atoms. The van der Waals surface area contributed by atoms with E-state index in [2.05, 4.69) is 10.3 Å². The van der Waals surface area contributed by atoms with Gasteiger partial charge in [0.05, 0.1) is 32.2 Å². The summed E-state index contributed by atoms with van der Waals surface area (Å²) in [6.07, 6.45) is 2.74. The Morgan fingerprint density at radius 1 is 1.35 bits per heavy atom.